The number of aryl methyl sites for hydroxylation is 1. The Morgan fingerprint density at radius 3 is 2.71 bits per heavy atom. The van der Waals surface area contributed by atoms with Gasteiger partial charge in [-0.25, -0.2) is 4.39 Å². The Balaban J connectivity index is 2.42. The van der Waals surface area contributed by atoms with E-state index in [0.29, 0.717) is 0 Å². The molecule has 0 aliphatic carbocycles. The molecule has 5 heteroatoms. The van der Waals surface area contributed by atoms with Gasteiger partial charge in [0, 0.05) is 17.7 Å². The summed E-state index contributed by atoms with van der Waals surface area (Å²) in [5, 5.41) is 7.54. The maximum atomic E-state index is 13.1. The highest BCUT2D eigenvalue weighted by Gasteiger charge is 2.17. The topological polar surface area (TPSA) is 29.9 Å². The van der Waals surface area contributed by atoms with E-state index in [2.05, 4.69) is 26.3 Å². The molecule has 0 aliphatic rings. The molecule has 2 aromatic rings. The number of aromatic nitrogens is 2. The molecule has 90 valence electrons. The van der Waals surface area contributed by atoms with Crippen molar-refractivity contribution in [2.24, 2.45) is 7.05 Å². The first-order valence-corrected chi connectivity index (χ1v) is 6.03. The summed E-state index contributed by atoms with van der Waals surface area (Å²) >= 11 is 3.38. The van der Waals surface area contributed by atoms with Crippen molar-refractivity contribution in [3.8, 4) is 0 Å². The van der Waals surface area contributed by atoms with Crippen LogP contribution in [0.4, 0.5) is 4.39 Å². The van der Waals surface area contributed by atoms with Gasteiger partial charge in [0.1, 0.15) is 5.82 Å². The van der Waals surface area contributed by atoms with Crippen molar-refractivity contribution in [1.29, 1.82) is 0 Å². The van der Waals surface area contributed by atoms with Gasteiger partial charge in [-0.2, -0.15) is 5.10 Å². The number of nitrogens with one attached hydrogen (secondary N) is 1. The lowest BCUT2D eigenvalue weighted by molar-refractivity contribution is 0.615. The SMILES string of the molecule is CNC(c1ccn(C)n1)c1ccc(F)cc1Br. The maximum absolute atomic E-state index is 13.1. The first kappa shape index (κ1) is 12.3. The van der Waals surface area contributed by atoms with Crippen molar-refractivity contribution in [3.63, 3.8) is 0 Å². The van der Waals surface area contributed by atoms with Crippen LogP contribution in [0.25, 0.3) is 0 Å². The van der Waals surface area contributed by atoms with E-state index in [-0.39, 0.29) is 11.9 Å². The lowest BCUT2D eigenvalue weighted by Crippen LogP contribution is -2.19. The molecule has 3 nitrogen and oxygen atoms in total. The zero-order chi connectivity index (χ0) is 12.4. The Morgan fingerprint density at radius 2 is 2.18 bits per heavy atom. The van der Waals surface area contributed by atoms with Gasteiger partial charge >= 0.3 is 0 Å². The van der Waals surface area contributed by atoms with Crippen molar-refractivity contribution in [2.45, 2.75) is 6.04 Å². The first-order valence-electron chi connectivity index (χ1n) is 5.23. The van der Waals surface area contributed by atoms with E-state index >= 15 is 0 Å². The molecule has 0 radical (unpaired) electrons. The van der Waals surface area contributed by atoms with E-state index in [0.717, 1.165) is 15.7 Å². The van der Waals surface area contributed by atoms with E-state index in [1.165, 1.54) is 12.1 Å². The Labute approximate surface area is 108 Å². The second-order valence-corrected chi connectivity index (χ2v) is 4.66. The third kappa shape index (κ3) is 2.56. The van der Waals surface area contributed by atoms with Gasteiger partial charge in [0.05, 0.1) is 11.7 Å². The highest BCUT2D eigenvalue weighted by molar-refractivity contribution is 9.10. The molecule has 0 saturated heterocycles. The van der Waals surface area contributed by atoms with Crippen molar-refractivity contribution < 1.29 is 4.39 Å². The summed E-state index contributed by atoms with van der Waals surface area (Å²) < 4.78 is 15.5. The van der Waals surface area contributed by atoms with E-state index in [1.54, 1.807) is 10.7 Å². The molecule has 2 rings (SSSR count). The number of benzene rings is 1. The fraction of sp³-hybridized carbons (Fsp3) is 0.250. The zero-order valence-corrected chi connectivity index (χ0v) is 11.2. The molecule has 17 heavy (non-hydrogen) atoms. The minimum Gasteiger partial charge on any atom is -0.308 e. The molecule has 1 aromatic heterocycles. The minimum atomic E-state index is -0.253. The van der Waals surface area contributed by atoms with Crippen molar-refractivity contribution in [1.82, 2.24) is 15.1 Å². The van der Waals surface area contributed by atoms with Crippen LogP contribution in [-0.4, -0.2) is 16.8 Å². The van der Waals surface area contributed by atoms with E-state index in [1.807, 2.05) is 26.4 Å². The summed E-state index contributed by atoms with van der Waals surface area (Å²) in [5.74, 6) is -0.253. The van der Waals surface area contributed by atoms with E-state index < -0.39 is 0 Å². The van der Waals surface area contributed by atoms with Gasteiger partial charge in [-0.05, 0) is 30.8 Å². The van der Waals surface area contributed by atoms with Crippen LogP contribution >= 0.6 is 15.9 Å². The molecule has 0 bridgehead atoms. The highest BCUT2D eigenvalue weighted by Crippen LogP contribution is 2.28. The van der Waals surface area contributed by atoms with Crippen LogP contribution in [0.5, 0.6) is 0 Å². The third-order valence-electron chi connectivity index (χ3n) is 2.59. The fourth-order valence-electron chi connectivity index (χ4n) is 1.79. The largest absolute Gasteiger partial charge is 0.308 e. The molecule has 0 aliphatic heterocycles. The molecule has 0 saturated carbocycles. The molecule has 0 amide bonds. The third-order valence-corrected chi connectivity index (χ3v) is 3.28. The molecule has 1 heterocycles. The lowest BCUT2D eigenvalue weighted by Gasteiger charge is -2.16. The number of hydrogen-bond acceptors (Lipinski definition) is 2. The molecular weight excluding hydrogens is 285 g/mol. The van der Waals surface area contributed by atoms with Crippen LogP contribution < -0.4 is 5.32 Å². The van der Waals surface area contributed by atoms with Gasteiger partial charge in [-0.15, -0.1) is 0 Å². The highest BCUT2D eigenvalue weighted by atomic mass is 79.9. The van der Waals surface area contributed by atoms with Crippen LogP contribution in [0, 0.1) is 5.82 Å². The molecule has 0 fully saturated rings. The van der Waals surface area contributed by atoms with Crippen molar-refractivity contribution in [3.05, 3.63) is 52.0 Å². The second kappa shape index (κ2) is 4.98. The van der Waals surface area contributed by atoms with Gasteiger partial charge in [0.2, 0.25) is 0 Å². The fourth-order valence-corrected chi connectivity index (χ4v) is 2.37. The van der Waals surface area contributed by atoms with Crippen LogP contribution in [0.15, 0.2) is 34.9 Å². The monoisotopic (exact) mass is 297 g/mol. The molecule has 0 spiro atoms. The summed E-state index contributed by atoms with van der Waals surface area (Å²) in [7, 11) is 3.73. The predicted molar refractivity (Wildman–Crippen MR) is 68.2 cm³/mol. The Bertz CT molecular complexity index is 524. The summed E-state index contributed by atoms with van der Waals surface area (Å²) in [6, 6.07) is 6.56. The smallest absolute Gasteiger partial charge is 0.124 e. The minimum absolute atomic E-state index is 0.0498. The van der Waals surface area contributed by atoms with Gasteiger partial charge in [0.15, 0.2) is 0 Å². The number of rotatable bonds is 3. The normalized spacial score (nSPS) is 12.7. The Kier molecular flexibility index (Phi) is 3.59. The zero-order valence-electron chi connectivity index (χ0n) is 9.61. The molecule has 1 unspecified atom stereocenters. The van der Waals surface area contributed by atoms with Crippen LogP contribution in [-0.2, 0) is 7.05 Å². The quantitative estimate of drug-likeness (QED) is 0.944. The average Bonchev–Trinajstić information content (AvgIpc) is 2.69. The van der Waals surface area contributed by atoms with Gasteiger partial charge in [0.25, 0.3) is 0 Å². The molecule has 1 N–H and O–H groups in total. The standard InChI is InChI=1S/C12H13BrFN3/c1-15-12(11-5-6-17(2)16-11)9-4-3-8(14)7-10(9)13/h3-7,12,15H,1-2H3. The van der Waals surface area contributed by atoms with Crippen molar-refractivity contribution >= 4 is 15.9 Å². The van der Waals surface area contributed by atoms with E-state index in [4.69, 9.17) is 0 Å². The first-order chi connectivity index (χ1) is 8.11. The average molecular weight is 298 g/mol. The lowest BCUT2D eigenvalue weighted by atomic mass is 10.0. The van der Waals surface area contributed by atoms with E-state index in [9.17, 15) is 4.39 Å². The summed E-state index contributed by atoms with van der Waals surface area (Å²) in [6.45, 7) is 0. The summed E-state index contributed by atoms with van der Waals surface area (Å²) in [5.41, 5.74) is 1.87. The van der Waals surface area contributed by atoms with Gasteiger partial charge in [-0.3, -0.25) is 4.68 Å². The summed E-state index contributed by atoms with van der Waals surface area (Å²) in [4.78, 5) is 0. The Hall–Kier alpha value is -1.20. The number of halogens is 2. The Morgan fingerprint density at radius 1 is 1.41 bits per heavy atom. The molecule has 1 aromatic carbocycles. The molecule has 1 atom stereocenters. The van der Waals surface area contributed by atoms with Crippen LogP contribution in [0.2, 0.25) is 0 Å². The number of nitrogens with zero attached hydrogens (tertiary/aromatic N) is 2. The van der Waals surface area contributed by atoms with Crippen LogP contribution in [0.1, 0.15) is 17.3 Å². The second-order valence-electron chi connectivity index (χ2n) is 3.80. The van der Waals surface area contributed by atoms with Crippen LogP contribution in [0.3, 0.4) is 0 Å². The maximum Gasteiger partial charge on any atom is 0.124 e. The van der Waals surface area contributed by atoms with Crippen molar-refractivity contribution in [2.75, 3.05) is 7.05 Å². The molecular formula is C12H13BrFN3. The van der Waals surface area contributed by atoms with Gasteiger partial charge < -0.3 is 5.32 Å². The number of hydrogen-bond donors (Lipinski definition) is 1. The van der Waals surface area contributed by atoms with Gasteiger partial charge in [-0.1, -0.05) is 22.0 Å². The summed E-state index contributed by atoms with van der Waals surface area (Å²) in [6.07, 6.45) is 1.89. The predicted octanol–water partition coefficient (Wildman–Crippen LogP) is 2.63.